The number of nitrogens with one attached hydrogen (secondary N) is 2. The van der Waals surface area contributed by atoms with E-state index in [1.165, 1.54) is 0 Å². The van der Waals surface area contributed by atoms with Gasteiger partial charge >= 0.3 is 0 Å². The predicted octanol–water partition coefficient (Wildman–Crippen LogP) is 0.909. The summed E-state index contributed by atoms with van der Waals surface area (Å²) in [6.45, 7) is 5.37. The van der Waals surface area contributed by atoms with Crippen LogP contribution in [0.2, 0.25) is 0 Å². The minimum absolute atomic E-state index is 0.0171. The summed E-state index contributed by atoms with van der Waals surface area (Å²) >= 11 is 0. The fourth-order valence-electron chi connectivity index (χ4n) is 1.79. The Hall–Kier alpha value is -2.28. The minimum atomic E-state index is -0.0171. The van der Waals surface area contributed by atoms with Gasteiger partial charge in [-0.3, -0.25) is 4.79 Å². The van der Waals surface area contributed by atoms with Crippen molar-refractivity contribution in [2.45, 2.75) is 20.3 Å². The van der Waals surface area contributed by atoms with Crippen LogP contribution in [0.25, 0.3) is 5.69 Å². The van der Waals surface area contributed by atoms with Crippen LogP contribution in [-0.4, -0.2) is 39.2 Å². The van der Waals surface area contributed by atoms with Gasteiger partial charge in [-0.15, -0.1) is 5.10 Å². The number of tetrazole rings is 1. The van der Waals surface area contributed by atoms with Crippen LogP contribution < -0.4 is 10.6 Å². The summed E-state index contributed by atoms with van der Waals surface area (Å²) in [5.41, 5.74) is 1.55. The number of aromatic nitrogens is 4. The maximum Gasteiger partial charge on any atom is 0.225 e. The molecule has 0 spiro atoms. The lowest BCUT2D eigenvalue weighted by atomic mass is 10.2. The molecule has 7 heteroatoms. The van der Waals surface area contributed by atoms with Gasteiger partial charge in [0.2, 0.25) is 5.91 Å². The molecular weight excluding hydrogens is 256 g/mol. The summed E-state index contributed by atoms with van der Waals surface area (Å²) in [6, 6.07) is 7.43. The number of rotatable bonds is 6. The molecule has 0 bridgehead atoms. The summed E-state index contributed by atoms with van der Waals surface area (Å²) in [6.07, 6.45) is 0.446. The Kier molecular flexibility index (Phi) is 4.78. The van der Waals surface area contributed by atoms with Crippen molar-refractivity contribution in [1.82, 2.24) is 25.5 Å². The molecule has 2 aromatic rings. The number of amides is 1. The van der Waals surface area contributed by atoms with Gasteiger partial charge in [0.15, 0.2) is 5.82 Å². The van der Waals surface area contributed by atoms with Crippen LogP contribution in [0.1, 0.15) is 19.2 Å². The fourth-order valence-corrected chi connectivity index (χ4v) is 1.79. The molecule has 7 nitrogen and oxygen atoms in total. The van der Waals surface area contributed by atoms with Crippen molar-refractivity contribution in [1.29, 1.82) is 0 Å². The number of carbonyl (C=O) groups excluding carboxylic acids is 1. The smallest absolute Gasteiger partial charge is 0.225 e. The summed E-state index contributed by atoms with van der Waals surface area (Å²) in [5.74, 6) is 0.678. The first-order valence-electron chi connectivity index (χ1n) is 6.56. The van der Waals surface area contributed by atoms with Crippen molar-refractivity contribution >= 4 is 11.6 Å². The van der Waals surface area contributed by atoms with Crippen LogP contribution in [0.3, 0.4) is 0 Å². The Bertz CT molecular complexity index is 580. The number of aryl methyl sites for hydroxylation is 1. The number of nitrogens with zero attached hydrogens (tertiary/aromatic N) is 4. The van der Waals surface area contributed by atoms with Crippen molar-refractivity contribution < 1.29 is 4.79 Å². The monoisotopic (exact) mass is 274 g/mol. The highest BCUT2D eigenvalue weighted by atomic mass is 16.1. The Morgan fingerprint density at radius 2 is 2.25 bits per heavy atom. The SMILES string of the molecule is CCNCCC(=O)Nc1cccc(-n2nnnc2C)c1. The number of hydrogen-bond donors (Lipinski definition) is 2. The average Bonchev–Trinajstić information content (AvgIpc) is 2.85. The molecule has 0 radical (unpaired) electrons. The van der Waals surface area contributed by atoms with Crippen LogP contribution >= 0.6 is 0 Å². The van der Waals surface area contributed by atoms with Gasteiger partial charge < -0.3 is 10.6 Å². The second-order valence-electron chi connectivity index (χ2n) is 4.34. The quantitative estimate of drug-likeness (QED) is 0.765. The zero-order chi connectivity index (χ0) is 14.4. The second kappa shape index (κ2) is 6.76. The zero-order valence-corrected chi connectivity index (χ0v) is 11.6. The highest BCUT2D eigenvalue weighted by Crippen LogP contribution is 2.14. The van der Waals surface area contributed by atoms with Gasteiger partial charge in [0, 0.05) is 18.7 Å². The van der Waals surface area contributed by atoms with Crippen LogP contribution in [0.5, 0.6) is 0 Å². The molecule has 1 amide bonds. The summed E-state index contributed by atoms with van der Waals surface area (Å²) in [7, 11) is 0. The Morgan fingerprint density at radius 1 is 1.40 bits per heavy atom. The van der Waals surface area contributed by atoms with E-state index in [2.05, 4.69) is 26.2 Å². The Labute approximate surface area is 117 Å². The normalized spacial score (nSPS) is 10.5. The average molecular weight is 274 g/mol. The van der Waals surface area contributed by atoms with Gasteiger partial charge in [-0.2, -0.15) is 4.68 Å². The first-order chi connectivity index (χ1) is 9.70. The topological polar surface area (TPSA) is 84.7 Å². The van der Waals surface area contributed by atoms with Gasteiger partial charge in [0.25, 0.3) is 0 Å². The third-order valence-electron chi connectivity index (χ3n) is 2.78. The molecule has 0 saturated heterocycles. The van der Waals surface area contributed by atoms with Crippen LogP contribution in [0.4, 0.5) is 5.69 Å². The van der Waals surface area contributed by atoms with Crippen LogP contribution in [-0.2, 0) is 4.79 Å². The maximum absolute atomic E-state index is 11.8. The minimum Gasteiger partial charge on any atom is -0.326 e. The van der Waals surface area contributed by atoms with E-state index in [1.807, 2.05) is 38.1 Å². The number of carbonyl (C=O) groups is 1. The zero-order valence-electron chi connectivity index (χ0n) is 11.6. The molecule has 1 aromatic heterocycles. The molecule has 2 N–H and O–H groups in total. The molecule has 0 saturated carbocycles. The number of hydrogen-bond acceptors (Lipinski definition) is 5. The lowest BCUT2D eigenvalue weighted by Crippen LogP contribution is -2.21. The van der Waals surface area contributed by atoms with E-state index in [-0.39, 0.29) is 5.91 Å². The van der Waals surface area contributed by atoms with E-state index in [0.717, 1.165) is 17.9 Å². The molecule has 1 heterocycles. The Balaban J connectivity index is 2.03. The summed E-state index contributed by atoms with van der Waals surface area (Å²) in [5, 5.41) is 17.3. The first kappa shape index (κ1) is 14.1. The van der Waals surface area contributed by atoms with Crippen LogP contribution in [0, 0.1) is 6.92 Å². The molecule has 0 atom stereocenters. The third-order valence-corrected chi connectivity index (χ3v) is 2.78. The van der Waals surface area contributed by atoms with E-state index >= 15 is 0 Å². The fraction of sp³-hybridized carbons (Fsp3) is 0.385. The van der Waals surface area contributed by atoms with Gasteiger partial charge in [-0.25, -0.2) is 0 Å². The molecule has 2 rings (SSSR count). The molecule has 106 valence electrons. The first-order valence-corrected chi connectivity index (χ1v) is 6.56. The summed E-state index contributed by atoms with van der Waals surface area (Å²) in [4.78, 5) is 11.8. The van der Waals surface area contributed by atoms with Gasteiger partial charge in [0.1, 0.15) is 0 Å². The maximum atomic E-state index is 11.8. The summed E-state index contributed by atoms with van der Waals surface area (Å²) < 4.78 is 1.62. The highest BCUT2D eigenvalue weighted by Gasteiger charge is 2.06. The number of benzene rings is 1. The molecule has 0 aliphatic rings. The standard InChI is InChI=1S/C13H18N6O/c1-3-14-8-7-13(20)15-11-5-4-6-12(9-11)19-10(2)16-17-18-19/h4-6,9,14H,3,7-8H2,1-2H3,(H,15,20). The van der Waals surface area contributed by atoms with Crippen molar-refractivity contribution in [2.75, 3.05) is 18.4 Å². The predicted molar refractivity (Wildman–Crippen MR) is 75.7 cm³/mol. The molecule has 0 aliphatic heterocycles. The molecule has 1 aromatic carbocycles. The lowest BCUT2D eigenvalue weighted by molar-refractivity contribution is -0.116. The van der Waals surface area contributed by atoms with E-state index in [0.29, 0.717) is 18.8 Å². The van der Waals surface area contributed by atoms with E-state index < -0.39 is 0 Å². The van der Waals surface area contributed by atoms with E-state index in [9.17, 15) is 4.79 Å². The number of anilines is 1. The largest absolute Gasteiger partial charge is 0.326 e. The van der Waals surface area contributed by atoms with E-state index in [1.54, 1.807) is 4.68 Å². The third kappa shape index (κ3) is 3.61. The van der Waals surface area contributed by atoms with Crippen molar-refractivity contribution in [3.05, 3.63) is 30.1 Å². The highest BCUT2D eigenvalue weighted by molar-refractivity contribution is 5.91. The lowest BCUT2D eigenvalue weighted by Gasteiger charge is -2.08. The van der Waals surface area contributed by atoms with Crippen LogP contribution in [0.15, 0.2) is 24.3 Å². The van der Waals surface area contributed by atoms with Gasteiger partial charge in [0.05, 0.1) is 5.69 Å². The van der Waals surface area contributed by atoms with Crippen molar-refractivity contribution in [3.8, 4) is 5.69 Å². The van der Waals surface area contributed by atoms with Gasteiger partial charge in [-0.1, -0.05) is 13.0 Å². The second-order valence-corrected chi connectivity index (χ2v) is 4.34. The Morgan fingerprint density at radius 3 is 2.95 bits per heavy atom. The van der Waals surface area contributed by atoms with Crippen molar-refractivity contribution in [2.24, 2.45) is 0 Å². The molecule has 0 unspecified atom stereocenters. The molecule has 0 aliphatic carbocycles. The van der Waals surface area contributed by atoms with Gasteiger partial charge in [-0.05, 0) is 42.1 Å². The molecule has 0 fully saturated rings. The molecule has 20 heavy (non-hydrogen) atoms. The molecular formula is C13H18N6O. The van der Waals surface area contributed by atoms with E-state index in [4.69, 9.17) is 0 Å². The van der Waals surface area contributed by atoms with Crippen molar-refractivity contribution in [3.63, 3.8) is 0 Å².